The van der Waals surface area contributed by atoms with Gasteiger partial charge in [0.25, 0.3) is 0 Å². The van der Waals surface area contributed by atoms with Gasteiger partial charge in [-0.1, -0.05) is 13.8 Å². The maximum Gasteiger partial charge on any atom is 0.407 e. The van der Waals surface area contributed by atoms with Crippen LogP contribution in [0.3, 0.4) is 0 Å². The van der Waals surface area contributed by atoms with E-state index in [1.165, 1.54) is 19.4 Å². The van der Waals surface area contributed by atoms with Gasteiger partial charge in [-0.25, -0.2) is 4.79 Å². The largest absolute Gasteiger partial charge is 0.444 e. The number of carbonyl (C=O) groups is 1. The minimum atomic E-state index is -0.484. The lowest BCUT2D eigenvalue weighted by molar-refractivity contribution is 0.0486. The summed E-state index contributed by atoms with van der Waals surface area (Å²) in [5.41, 5.74) is -0.484. The quantitative estimate of drug-likeness (QED) is 0.312. The van der Waals surface area contributed by atoms with Crippen LogP contribution in [-0.4, -0.2) is 80.3 Å². The van der Waals surface area contributed by atoms with E-state index < -0.39 is 5.60 Å². The first-order valence-corrected chi connectivity index (χ1v) is 10.1. The fourth-order valence-electron chi connectivity index (χ4n) is 3.30. The Balaban J connectivity index is 0.00000729. The normalized spacial score (nSPS) is 19.2. The number of likely N-dealkylation sites (N-methyl/N-ethyl adjacent to an activating group) is 1. The van der Waals surface area contributed by atoms with E-state index in [4.69, 9.17) is 4.74 Å². The zero-order chi connectivity index (χ0) is 20.6. The number of likely N-dealkylation sites (tertiary alicyclic amines) is 1. The predicted octanol–water partition coefficient (Wildman–Crippen LogP) is 3.15. The summed E-state index contributed by atoms with van der Waals surface area (Å²) < 4.78 is 5.39. The van der Waals surface area contributed by atoms with Gasteiger partial charge in [-0.2, -0.15) is 0 Å². The first-order valence-electron chi connectivity index (χ1n) is 10.1. The second-order valence-corrected chi connectivity index (χ2v) is 8.91. The Morgan fingerprint density at radius 3 is 2.46 bits per heavy atom. The van der Waals surface area contributed by atoms with Crippen molar-refractivity contribution in [1.82, 2.24) is 20.4 Å². The van der Waals surface area contributed by atoms with Crippen LogP contribution in [-0.2, 0) is 4.74 Å². The molecule has 2 N–H and O–H groups in total. The highest BCUT2D eigenvalue weighted by Gasteiger charge is 2.23. The van der Waals surface area contributed by atoms with E-state index in [0.717, 1.165) is 25.5 Å². The van der Waals surface area contributed by atoms with Crippen molar-refractivity contribution in [3.05, 3.63) is 0 Å². The van der Waals surface area contributed by atoms with E-state index in [1.54, 1.807) is 0 Å². The number of halogens is 1. The molecule has 2 atom stereocenters. The molecule has 1 saturated heterocycles. The van der Waals surface area contributed by atoms with Crippen LogP contribution >= 0.6 is 24.0 Å². The van der Waals surface area contributed by atoms with Crippen molar-refractivity contribution in [2.45, 2.75) is 71.6 Å². The predicted molar refractivity (Wildman–Crippen MR) is 128 cm³/mol. The number of rotatable bonds is 7. The van der Waals surface area contributed by atoms with Gasteiger partial charge in [-0.05, 0) is 59.5 Å². The van der Waals surface area contributed by atoms with Crippen molar-refractivity contribution in [1.29, 1.82) is 0 Å². The van der Waals surface area contributed by atoms with Gasteiger partial charge in [0, 0.05) is 39.3 Å². The van der Waals surface area contributed by atoms with E-state index in [2.05, 4.69) is 46.3 Å². The van der Waals surface area contributed by atoms with Gasteiger partial charge in [-0.15, -0.1) is 24.0 Å². The number of nitrogens with one attached hydrogen (secondary N) is 2. The molecule has 1 rings (SSSR count). The van der Waals surface area contributed by atoms with E-state index >= 15 is 0 Å². The van der Waals surface area contributed by atoms with Crippen LogP contribution in [0, 0.1) is 5.92 Å². The highest BCUT2D eigenvalue weighted by Crippen LogP contribution is 2.14. The average molecular weight is 511 g/mol. The standard InChI is InChI=1S/C20H41N5O2.HI/c1-15(2)17(23-19(26)27-20(3,4)5)11-13-25(8)18(21-6)22-14-16-10-9-12-24(16)7;/h15-17H,9-14H2,1-8H3,(H,21,22)(H,23,26);1H. The van der Waals surface area contributed by atoms with Crippen molar-refractivity contribution >= 4 is 36.0 Å². The first-order chi connectivity index (χ1) is 12.5. The third kappa shape index (κ3) is 10.1. The summed E-state index contributed by atoms with van der Waals surface area (Å²) in [6.45, 7) is 12.8. The molecule has 0 saturated carbocycles. The number of ether oxygens (including phenoxy) is 1. The van der Waals surface area contributed by atoms with E-state index in [-0.39, 0.29) is 36.1 Å². The van der Waals surface area contributed by atoms with Crippen molar-refractivity contribution in [3.63, 3.8) is 0 Å². The number of hydrogen-bond donors (Lipinski definition) is 2. The number of hydrogen-bond acceptors (Lipinski definition) is 4. The van der Waals surface area contributed by atoms with E-state index in [1.807, 2.05) is 34.9 Å². The molecule has 166 valence electrons. The second kappa shape index (κ2) is 12.7. The molecule has 0 aromatic rings. The molecule has 1 heterocycles. The molecule has 1 aliphatic heterocycles. The maximum atomic E-state index is 12.1. The number of nitrogens with zero attached hydrogens (tertiary/aromatic N) is 3. The lowest BCUT2D eigenvalue weighted by Gasteiger charge is -2.29. The van der Waals surface area contributed by atoms with Crippen LogP contribution in [0.15, 0.2) is 4.99 Å². The minimum absolute atomic E-state index is 0. The van der Waals surface area contributed by atoms with E-state index in [9.17, 15) is 4.79 Å². The van der Waals surface area contributed by atoms with Gasteiger partial charge < -0.3 is 25.2 Å². The topological polar surface area (TPSA) is 69.2 Å². The molecule has 1 fully saturated rings. The molecule has 0 aliphatic carbocycles. The summed E-state index contributed by atoms with van der Waals surface area (Å²) in [5.74, 6) is 1.23. The Kier molecular flexibility index (Phi) is 12.4. The van der Waals surface area contributed by atoms with Gasteiger partial charge in [0.2, 0.25) is 0 Å². The Bertz CT molecular complexity index is 493. The summed E-state index contributed by atoms with van der Waals surface area (Å²) in [5, 5.41) is 6.50. The Hall–Kier alpha value is -0.770. The molecule has 0 spiro atoms. The summed E-state index contributed by atoms with van der Waals surface area (Å²) in [6, 6.07) is 0.633. The van der Waals surface area contributed by atoms with Crippen molar-refractivity contribution in [3.8, 4) is 0 Å². The van der Waals surface area contributed by atoms with Crippen molar-refractivity contribution in [2.75, 3.05) is 40.8 Å². The molecule has 0 aromatic carbocycles. The molecule has 7 nitrogen and oxygen atoms in total. The number of alkyl carbamates (subject to hydrolysis) is 1. The number of carbonyl (C=O) groups excluding carboxylic acids is 1. The fraction of sp³-hybridized carbons (Fsp3) is 0.900. The SMILES string of the molecule is CN=C(NCC1CCCN1C)N(C)CCC(NC(=O)OC(C)(C)C)C(C)C.I. The highest BCUT2D eigenvalue weighted by atomic mass is 127. The molecular weight excluding hydrogens is 469 g/mol. The minimum Gasteiger partial charge on any atom is -0.444 e. The van der Waals surface area contributed by atoms with Gasteiger partial charge in [0.05, 0.1) is 0 Å². The summed E-state index contributed by atoms with van der Waals surface area (Å²) >= 11 is 0. The van der Waals surface area contributed by atoms with Gasteiger partial charge in [-0.3, -0.25) is 4.99 Å². The third-order valence-corrected chi connectivity index (χ3v) is 5.02. The van der Waals surface area contributed by atoms with Crippen molar-refractivity contribution in [2.24, 2.45) is 10.9 Å². The molecule has 2 unspecified atom stereocenters. The molecule has 1 aliphatic rings. The zero-order valence-corrected chi connectivity index (χ0v) is 21.4. The summed E-state index contributed by atoms with van der Waals surface area (Å²) in [7, 11) is 6.04. The maximum absolute atomic E-state index is 12.1. The average Bonchev–Trinajstić information content (AvgIpc) is 2.95. The molecular formula is C20H42IN5O2. The van der Waals surface area contributed by atoms with Crippen LogP contribution in [0.25, 0.3) is 0 Å². The number of amides is 1. The fourth-order valence-corrected chi connectivity index (χ4v) is 3.30. The Morgan fingerprint density at radius 1 is 1.36 bits per heavy atom. The second-order valence-electron chi connectivity index (χ2n) is 8.91. The molecule has 0 radical (unpaired) electrons. The van der Waals surface area contributed by atoms with Crippen LogP contribution in [0.1, 0.15) is 53.9 Å². The molecule has 8 heteroatoms. The monoisotopic (exact) mass is 511 g/mol. The van der Waals surface area contributed by atoms with Crippen LogP contribution in [0.5, 0.6) is 0 Å². The Labute approximate surface area is 189 Å². The van der Waals surface area contributed by atoms with Crippen LogP contribution in [0.4, 0.5) is 4.79 Å². The van der Waals surface area contributed by atoms with E-state index in [0.29, 0.717) is 12.0 Å². The molecule has 28 heavy (non-hydrogen) atoms. The van der Waals surface area contributed by atoms with Crippen molar-refractivity contribution < 1.29 is 9.53 Å². The summed E-state index contributed by atoms with van der Waals surface area (Å²) in [4.78, 5) is 21.0. The Morgan fingerprint density at radius 2 is 2.00 bits per heavy atom. The highest BCUT2D eigenvalue weighted by molar-refractivity contribution is 14.0. The smallest absolute Gasteiger partial charge is 0.407 e. The van der Waals surface area contributed by atoms with Gasteiger partial charge in [0.1, 0.15) is 5.60 Å². The third-order valence-electron chi connectivity index (χ3n) is 5.02. The van der Waals surface area contributed by atoms with Gasteiger partial charge >= 0.3 is 6.09 Å². The molecule has 0 aromatic heterocycles. The lowest BCUT2D eigenvalue weighted by Crippen LogP contribution is -2.47. The number of aliphatic imine (C=N–C) groups is 1. The lowest BCUT2D eigenvalue weighted by atomic mass is 10.0. The zero-order valence-electron chi connectivity index (χ0n) is 19.0. The van der Waals surface area contributed by atoms with Gasteiger partial charge in [0.15, 0.2) is 5.96 Å². The molecule has 1 amide bonds. The molecule has 0 bridgehead atoms. The summed E-state index contributed by atoms with van der Waals surface area (Å²) in [6.07, 6.45) is 2.98. The van der Waals surface area contributed by atoms with Crippen LogP contribution < -0.4 is 10.6 Å². The number of guanidine groups is 1. The first kappa shape index (κ1) is 27.2. The van der Waals surface area contributed by atoms with Crippen LogP contribution in [0.2, 0.25) is 0 Å².